The van der Waals surface area contributed by atoms with Gasteiger partial charge in [-0.15, -0.1) is 10.2 Å². The summed E-state index contributed by atoms with van der Waals surface area (Å²) >= 11 is 1.50. The molecule has 0 amide bonds. The van der Waals surface area contributed by atoms with Crippen LogP contribution >= 0.6 is 11.8 Å². The maximum atomic E-state index is 12.4. The van der Waals surface area contributed by atoms with Crippen LogP contribution in [0.4, 0.5) is 5.95 Å². The molecule has 0 unspecified atom stereocenters. The molecule has 1 fully saturated rings. The molecule has 0 radical (unpaired) electrons. The van der Waals surface area contributed by atoms with E-state index in [9.17, 15) is 4.79 Å². The predicted octanol–water partition coefficient (Wildman–Crippen LogP) is 2.94. The molecule has 4 aromatic rings. The van der Waals surface area contributed by atoms with E-state index in [1.807, 2.05) is 24.3 Å². The number of aromatic amines is 1. The average molecular weight is 435 g/mol. The van der Waals surface area contributed by atoms with E-state index in [4.69, 9.17) is 4.74 Å². The van der Waals surface area contributed by atoms with Gasteiger partial charge in [0.25, 0.3) is 5.56 Å². The van der Waals surface area contributed by atoms with Crippen LogP contribution in [0.5, 0.6) is 0 Å². The number of ether oxygens (including phenoxy) is 1. The van der Waals surface area contributed by atoms with Gasteiger partial charge in [-0.2, -0.15) is 0 Å². The summed E-state index contributed by atoms with van der Waals surface area (Å²) in [4.78, 5) is 22.1. The van der Waals surface area contributed by atoms with Crippen molar-refractivity contribution in [3.8, 4) is 5.69 Å². The van der Waals surface area contributed by atoms with Crippen molar-refractivity contribution >= 4 is 28.6 Å². The summed E-state index contributed by atoms with van der Waals surface area (Å²) in [6.07, 6.45) is 0. The van der Waals surface area contributed by atoms with Crippen LogP contribution in [0.25, 0.3) is 16.6 Å². The number of hydrogen-bond donors (Lipinski definition) is 1. The fourth-order valence-corrected chi connectivity index (χ4v) is 4.47. The van der Waals surface area contributed by atoms with Crippen LogP contribution in [0.15, 0.2) is 58.5 Å². The number of thioether (sulfide) groups is 1. The molecule has 8 nitrogen and oxygen atoms in total. The van der Waals surface area contributed by atoms with Crippen LogP contribution < -0.4 is 10.5 Å². The Morgan fingerprint density at radius 1 is 1.10 bits per heavy atom. The first-order chi connectivity index (χ1) is 15.2. The molecule has 0 bridgehead atoms. The molecule has 31 heavy (non-hydrogen) atoms. The average Bonchev–Trinajstić information content (AvgIpc) is 3.22. The molecule has 1 N–H and O–H groups in total. The van der Waals surface area contributed by atoms with E-state index >= 15 is 0 Å². The first kappa shape index (κ1) is 19.8. The normalized spacial score (nSPS) is 14.3. The Labute approximate surface area is 183 Å². The van der Waals surface area contributed by atoms with Crippen molar-refractivity contribution in [2.45, 2.75) is 17.8 Å². The number of aryl methyl sites for hydroxylation is 1. The van der Waals surface area contributed by atoms with Gasteiger partial charge in [-0.3, -0.25) is 9.36 Å². The summed E-state index contributed by atoms with van der Waals surface area (Å²) in [5, 5.41) is 10.3. The number of nitrogens with one attached hydrogen (secondary N) is 1. The van der Waals surface area contributed by atoms with Crippen molar-refractivity contribution in [1.82, 2.24) is 24.7 Å². The molecular formula is C22H22N6O2S. The highest BCUT2D eigenvalue weighted by atomic mass is 32.2. The molecule has 2 aromatic heterocycles. The summed E-state index contributed by atoms with van der Waals surface area (Å²) < 4.78 is 7.57. The number of benzene rings is 2. The van der Waals surface area contributed by atoms with E-state index < -0.39 is 0 Å². The SMILES string of the molecule is Cc1cccc(-n2c(SCc3nc4ccccc4c(=O)[nH]3)nnc2N2CCOCC2)c1. The van der Waals surface area contributed by atoms with E-state index in [1.165, 1.54) is 11.8 Å². The van der Waals surface area contributed by atoms with Crippen molar-refractivity contribution in [2.24, 2.45) is 0 Å². The van der Waals surface area contributed by atoms with Crippen LogP contribution in [-0.2, 0) is 10.5 Å². The van der Waals surface area contributed by atoms with Gasteiger partial charge in [-0.05, 0) is 36.8 Å². The molecule has 0 spiro atoms. The Hall–Kier alpha value is -3.17. The number of rotatable bonds is 5. The lowest BCUT2D eigenvalue weighted by Crippen LogP contribution is -2.37. The van der Waals surface area contributed by atoms with Crippen LogP contribution in [-0.4, -0.2) is 51.0 Å². The fraction of sp³-hybridized carbons (Fsp3) is 0.273. The van der Waals surface area contributed by atoms with Crippen LogP contribution in [0.2, 0.25) is 0 Å². The van der Waals surface area contributed by atoms with Gasteiger partial charge in [0.15, 0.2) is 5.16 Å². The number of H-pyrrole nitrogens is 1. The maximum Gasteiger partial charge on any atom is 0.258 e. The molecule has 0 saturated carbocycles. The second-order valence-corrected chi connectivity index (χ2v) is 8.32. The maximum absolute atomic E-state index is 12.4. The molecule has 158 valence electrons. The summed E-state index contributed by atoms with van der Waals surface area (Å²) in [5.41, 5.74) is 2.73. The second-order valence-electron chi connectivity index (χ2n) is 7.37. The Morgan fingerprint density at radius 3 is 2.77 bits per heavy atom. The van der Waals surface area contributed by atoms with E-state index in [1.54, 1.807) is 6.07 Å². The van der Waals surface area contributed by atoms with E-state index in [-0.39, 0.29) is 5.56 Å². The van der Waals surface area contributed by atoms with Crippen LogP contribution in [0, 0.1) is 6.92 Å². The van der Waals surface area contributed by atoms with Gasteiger partial charge < -0.3 is 14.6 Å². The topological polar surface area (TPSA) is 88.9 Å². The Morgan fingerprint density at radius 2 is 1.94 bits per heavy atom. The summed E-state index contributed by atoms with van der Waals surface area (Å²) in [6, 6.07) is 15.6. The Balaban J connectivity index is 1.49. The molecule has 0 aliphatic carbocycles. The quantitative estimate of drug-likeness (QED) is 0.483. The molecule has 1 saturated heterocycles. The summed E-state index contributed by atoms with van der Waals surface area (Å²) in [7, 11) is 0. The highest BCUT2D eigenvalue weighted by Gasteiger charge is 2.22. The van der Waals surface area contributed by atoms with Gasteiger partial charge in [0.05, 0.1) is 35.6 Å². The van der Waals surface area contributed by atoms with Gasteiger partial charge >= 0.3 is 0 Å². The van der Waals surface area contributed by atoms with Crippen molar-refractivity contribution in [3.63, 3.8) is 0 Å². The molecule has 0 atom stereocenters. The molecule has 3 heterocycles. The minimum Gasteiger partial charge on any atom is -0.378 e. The van der Waals surface area contributed by atoms with Gasteiger partial charge in [-0.1, -0.05) is 36.0 Å². The number of anilines is 1. The number of para-hydroxylation sites is 1. The van der Waals surface area contributed by atoms with E-state index in [0.717, 1.165) is 35.4 Å². The van der Waals surface area contributed by atoms with Gasteiger partial charge in [0, 0.05) is 13.1 Å². The minimum absolute atomic E-state index is 0.129. The zero-order chi connectivity index (χ0) is 21.2. The molecular weight excluding hydrogens is 412 g/mol. The van der Waals surface area contributed by atoms with Crippen LogP contribution in [0.3, 0.4) is 0 Å². The monoisotopic (exact) mass is 434 g/mol. The summed E-state index contributed by atoms with van der Waals surface area (Å²) in [6.45, 7) is 4.96. The fourth-order valence-electron chi connectivity index (χ4n) is 3.65. The molecule has 1 aliphatic rings. The lowest BCUT2D eigenvalue weighted by atomic mass is 10.2. The first-order valence-corrected chi connectivity index (χ1v) is 11.1. The van der Waals surface area contributed by atoms with Crippen molar-refractivity contribution < 1.29 is 4.74 Å². The van der Waals surface area contributed by atoms with Crippen molar-refractivity contribution in [3.05, 3.63) is 70.3 Å². The van der Waals surface area contributed by atoms with Gasteiger partial charge in [0.1, 0.15) is 5.82 Å². The Kier molecular flexibility index (Phi) is 5.44. The molecule has 1 aliphatic heterocycles. The summed E-state index contributed by atoms with van der Waals surface area (Å²) in [5.74, 6) is 1.89. The predicted molar refractivity (Wildman–Crippen MR) is 121 cm³/mol. The highest BCUT2D eigenvalue weighted by molar-refractivity contribution is 7.98. The zero-order valence-corrected chi connectivity index (χ0v) is 17.9. The minimum atomic E-state index is -0.129. The molecule has 2 aromatic carbocycles. The molecule has 9 heteroatoms. The zero-order valence-electron chi connectivity index (χ0n) is 17.1. The van der Waals surface area contributed by atoms with Crippen LogP contribution in [0.1, 0.15) is 11.4 Å². The Bertz CT molecular complexity index is 1280. The number of nitrogens with zero attached hydrogens (tertiary/aromatic N) is 5. The third kappa shape index (κ3) is 4.06. The van der Waals surface area contributed by atoms with E-state index in [2.05, 4.69) is 54.8 Å². The third-order valence-corrected chi connectivity index (χ3v) is 6.11. The smallest absolute Gasteiger partial charge is 0.258 e. The molecule has 5 rings (SSSR count). The van der Waals surface area contributed by atoms with Crippen molar-refractivity contribution in [2.75, 3.05) is 31.2 Å². The largest absolute Gasteiger partial charge is 0.378 e. The number of aromatic nitrogens is 5. The van der Waals surface area contributed by atoms with Gasteiger partial charge in [-0.25, -0.2) is 4.98 Å². The van der Waals surface area contributed by atoms with Gasteiger partial charge in [0.2, 0.25) is 5.95 Å². The first-order valence-electron chi connectivity index (χ1n) is 10.1. The number of morpholine rings is 1. The second kappa shape index (κ2) is 8.52. The number of fused-ring (bicyclic) bond motifs is 1. The van der Waals surface area contributed by atoms with E-state index in [0.29, 0.717) is 35.7 Å². The lowest BCUT2D eigenvalue weighted by molar-refractivity contribution is 0.122. The lowest BCUT2D eigenvalue weighted by Gasteiger charge is -2.28. The number of hydrogen-bond acceptors (Lipinski definition) is 7. The third-order valence-electron chi connectivity index (χ3n) is 5.17. The highest BCUT2D eigenvalue weighted by Crippen LogP contribution is 2.29. The standard InChI is InChI=1S/C22H22N6O2S/c1-15-5-4-6-16(13-15)28-21(27-9-11-30-12-10-27)25-26-22(28)31-14-19-23-18-8-3-2-7-17(18)20(29)24-19/h2-8,13H,9-12,14H2,1H3,(H,23,24,29). The van der Waals surface area contributed by atoms with Crippen molar-refractivity contribution in [1.29, 1.82) is 0 Å².